The summed E-state index contributed by atoms with van der Waals surface area (Å²) in [5.74, 6) is -0.443. The van der Waals surface area contributed by atoms with Crippen molar-refractivity contribution in [3.63, 3.8) is 0 Å². The normalized spacial score (nSPS) is 12.0. The smallest absolute Gasteiger partial charge is 0.264 e. The number of anilines is 1. The quantitative estimate of drug-likeness (QED) is 0.320. The van der Waals surface area contributed by atoms with Gasteiger partial charge in [0.25, 0.3) is 10.0 Å². The van der Waals surface area contributed by atoms with E-state index < -0.39 is 34.3 Å². The largest absolute Gasteiger partial charge is 0.497 e. The number of ether oxygens (including phenoxy) is 2. The molecule has 0 spiro atoms. The third-order valence-electron chi connectivity index (χ3n) is 6.23. The Morgan fingerprint density at radius 1 is 0.902 bits per heavy atom. The van der Waals surface area contributed by atoms with E-state index in [-0.39, 0.29) is 29.1 Å². The van der Waals surface area contributed by atoms with E-state index in [2.05, 4.69) is 5.32 Å². The molecule has 41 heavy (non-hydrogen) atoms. The van der Waals surface area contributed by atoms with Gasteiger partial charge >= 0.3 is 0 Å². The Hall–Kier alpha value is -4.12. The van der Waals surface area contributed by atoms with Crippen LogP contribution in [0.2, 0.25) is 0 Å². The number of nitrogens with one attached hydrogen (secondary N) is 1. The topological polar surface area (TPSA) is 105 Å². The van der Waals surface area contributed by atoms with Crippen LogP contribution in [0.1, 0.15) is 33.3 Å². The molecule has 220 valence electrons. The molecule has 3 aromatic rings. The Bertz CT molecular complexity index is 1410. The van der Waals surface area contributed by atoms with Gasteiger partial charge in [-0.1, -0.05) is 12.1 Å². The van der Waals surface area contributed by atoms with Gasteiger partial charge < -0.3 is 19.7 Å². The molecule has 0 aliphatic heterocycles. The van der Waals surface area contributed by atoms with Gasteiger partial charge in [-0.15, -0.1) is 0 Å². The van der Waals surface area contributed by atoms with Gasteiger partial charge in [-0.25, -0.2) is 12.8 Å². The molecular formula is C30H36FN3O6S. The van der Waals surface area contributed by atoms with Crippen LogP contribution in [0.25, 0.3) is 0 Å². The molecule has 0 saturated heterocycles. The first-order chi connectivity index (χ1) is 19.5. The molecule has 0 radical (unpaired) electrons. The van der Waals surface area contributed by atoms with Crippen LogP contribution in [0.3, 0.4) is 0 Å². The van der Waals surface area contributed by atoms with Gasteiger partial charge in [-0.3, -0.25) is 13.9 Å². The zero-order valence-corrected chi connectivity index (χ0v) is 24.7. The highest BCUT2D eigenvalue weighted by Crippen LogP contribution is 2.26. The third kappa shape index (κ3) is 8.20. The average Bonchev–Trinajstić information content (AvgIpc) is 2.95. The van der Waals surface area contributed by atoms with E-state index in [1.807, 2.05) is 6.92 Å². The summed E-state index contributed by atoms with van der Waals surface area (Å²) in [4.78, 5) is 28.1. The fourth-order valence-corrected chi connectivity index (χ4v) is 5.47. The van der Waals surface area contributed by atoms with Crippen LogP contribution in [-0.2, 0) is 26.2 Å². The van der Waals surface area contributed by atoms with Crippen molar-refractivity contribution in [3.05, 3.63) is 84.2 Å². The maximum atomic E-state index is 13.9. The number of carbonyl (C=O) groups is 2. The van der Waals surface area contributed by atoms with E-state index in [4.69, 9.17) is 9.47 Å². The maximum absolute atomic E-state index is 13.9. The first-order valence-corrected chi connectivity index (χ1v) is 14.6. The van der Waals surface area contributed by atoms with E-state index in [1.54, 1.807) is 45.0 Å². The number of halogens is 1. The second-order valence-corrected chi connectivity index (χ2v) is 11.5. The van der Waals surface area contributed by atoms with Crippen molar-refractivity contribution in [2.75, 3.05) is 24.6 Å². The minimum Gasteiger partial charge on any atom is -0.497 e. The van der Waals surface area contributed by atoms with E-state index in [0.29, 0.717) is 23.7 Å². The van der Waals surface area contributed by atoms with Crippen molar-refractivity contribution in [3.8, 4) is 11.5 Å². The Kier molecular flexibility index (Phi) is 10.7. The number of hydrogen-bond donors (Lipinski definition) is 1. The lowest BCUT2D eigenvalue weighted by molar-refractivity contribution is -0.139. The van der Waals surface area contributed by atoms with Crippen LogP contribution in [0.15, 0.2) is 77.7 Å². The molecule has 0 saturated carbocycles. The molecular weight excluding hydrogens is 549 g/mol. The van der Waals surface area contributed by atoms with E-state index in [9.17, 15) is 22.4 Å². The third-order valence-corrected chi connectivity index (χ3v) is 8.01. The summed E-state index contributed by atoms with van der Waals surface area (Å²) in [6, 6.07) is 16.5. The predicted octanol–water partition coefficient (Wildman–Crippen LogP) is 4.37. The number of sulfonamides is 1. The minimum absolute atomic E-state index is 0.0376. The lowest BCUT2D eigenvalue weighted by Crippen LogP contribution is -2.52. The number of benzene rings is 3. The van der Waals surface area contributed by atoms with Crippen LogP contribution in [-0.4, -0.2) is 57.5 Å². The summed E-state index contributed by atoms with van der Waals surface area (Å²) < 4.78 is 53.0. The van der Waals surface area contributed by atoms with Gasteiger partial charge in [-0.2, -0.15) is 0 Å². The molecule has 0 aromatic heterocycles. The molecule has 3 aromatic carbocycles. The van der Waals surface area contributed by atoms with Gasteiger partial charge in [0.15, 0.2) is 0 Å². The first-order valence-electron chi connectivity index (χ1n) is 13.2. The summed E-state index contributed by atoms with van der Waals surface area (Å²) in [7, 11) is -2.74. The van der Waals surface area contributed by atoms with Crippen LogP contribution < -0.4 is 19.1 Å². The van der Waals surface area contributed by atoms with Gasteiger partial charge in [0.2, 0.25) is 11.8 Å². The van der Waals surface area contributed by atoms with Crippen LogP contribution in [0.4, 0.5) is 10.1 Å². The molecule has 0 bridgehead atoms. The van der Waals surface area contributed by atoms with Gasteiger partial charge in [0.1, 0.15) is 29.9 Å². The van der Waals surface area contributed by atoms with E-state index in [0.717, 1.165) is 16.4 Å². The maximum Gasteiger partial charge on any atom is 0.264 e. The molecule has 11 heteroatoms. The number of nitrogens with zero attached hydrogens (tertiary/aromatic N) is 2. The summed E-state index contributed by atoms with van der Waals surface area (Å²) >= 11 is 0. The van der Waals surface area contributed by atoms with Crippen molar-refractivity contribution < 1.29 is 31.9 Å². The molecule has 9 nitrogen and oxygen atoms in total. The molecule has 2 amide bonds. The number of amides is 2. The molecule has 0 heterocycles. The Balaban J connectivity index is 2.01. The van der Waals surface area contributed by atoms with E-state index >= 15 is 0 Å². The van der Waals surface area contributed by atoms with Crippen molar-refractivity contribution in [1.82, 2.24) is 10.2 Å². The van der Waals surface area contributed by atoms with E-state index in [1.165, 1.54) is 48.4 Å². The monoisotopic (exact) mass is 585 g/mol. The zero-order valence-electron chi connectivity index (χ0n) is 23.8. The van der Waals surface area contributed by atoms with Crippen molar-refractivity contribution in [1.29, 1.82) is 0 Å². The molecule has 0 unspecified atom stereocenters. The summed E-state index contributed by atoms with van der Waals surface area (Å²) in [6.07, 6.45) is 0. The lowest BCUT2D eigenvalue weighted by Gasteiger charge is -2.32. The number of methoxy groups -OCH3 is 1. The lowest BCUT2D eigenvalue weighted by atomic mass is 10.1. The fourth-order valence-electron chi connectivity index (χ4n) is 4.05. The van der Waals surface area contributed by atoms with Gasteiger partial charge in [0, 0.05) is 12.6 Å². The number of hydrogen-bond acceptors (Lipinski definition) is 6. The van der Waals surface area contributed by atoms with Crippen LogP contribution in [0, 0.1) is 5.82 Å². The summed E-state index contributed by atoms with van der Waals surface area (Å²) in [6.45, 7) is 6.83. The van der Waals surface area contributed by atoms with Crippen molar-refractivity contribution >= 4 is 27.5 Å². The summed E-state index contributed by atoms with van der Waals surface area (Å²) in [5, 5.41) is 2.81. The molecule has 3 rings (SSSR count). The predicted molar refractivity (Wildman–Crippen MR) is 155 cm³/mol. The van der Waals surface area contributed by atoms with Gasteiger partial charge in [-0.05, 0) is 93.9 Å². The minimum atomic E-state index is -4.28. The highest BCUT2D eigenvalue weighted by atomic mass is 32.2. The molecule has 0 aliphatic carbocycles. The zero-order chi connectivity index (χ0) is 30.2. The van der Waals surface area contributed by atoms with Crippen molar-refractivity contribution in [2.45, 2.75) is 51.2 Å². The van der Waals surface area contributed by atoms with Crippen LogP contribution >= 0.6 is 0 Å². The second kappa shape index (κ2) is 14.0. The second-order valence-electron chi connectivity index (χ2n) is 9.60. The standard InChI is InChI=1S/C30H36FN3O6S/c1-6-40-27-15-17-28(18-16-27)41(37,38)34(25-11-9-24(31)10-12-25)20-29(35)33(22(4)30(36)32-21(2)3)19-23-7-13-26(39-5)14-8-23/h7-18,21-22H,6,19-20H2,1-5H3,(H,32,36)/t22-/m1/s1. The molecule has 1 atom stereocenters. The Labute approximate surface area is 240 Å². The molecule has 0 fully saturated rings. The summed E-state index contributed by atoms with van der Waals surface area (Å²) in [5.41, 5.74) is 0.809. The fraction of sp³-hybridized carbons (Fsp3) is 0.333. The number of carbonyl (C=O) groups excluding carboxylic acids is 2. The average molecular weight is 586 g/mol. The molecule has 1 N–H and O–H groups in total. The molecule has 0 aliphatic rings. The first kappa shape index (κ1) is 31.4. The Morgan fingerprint density at radius 2 is 1.49 bits per heavy atom. The Morgan fingerprint density at radius 3 is 2.02 bits per heavy atom. The van der Waals surface area contributed by atoms with Crippen LogP contribution in [0.5, 0.6) is 11.5 Å². The van der Waals surface area contributed by atoms with Crippen molar-refractivity contribution in [2.24, 2.45) is 0 Å². The van der Waals surface area contributed by atoms with Gasteiger partial charge in [0.05, 0.1) is 24.3 Å². The highest BCUT2D eigenvalue weighted by Gasteiger charge is 2.32. The number of rotatable bonds is 13. The highest BCUT2D eigenvalue weighted by molar-refractivity contribution is 7.92. The SMILES string of the molecule is CCOc1ccc(S(=O)(=O)N(CC(=O)N(Cc2ccc(OC)cc2)[C@H](C)C(=O)NC(C)C)c2ccc(F)cc2)cc1.